The molecule has 18 heavy (non-hydrogen) atoms. The Morgan fingerprint density at radius 3 is 2.67 bits per heavy atom. The number of primary amides is 1. The first-order valence-corrected chi connectivity index (χ1v) is 5.87. The lowest BCUT2D eigenvalue weighted by Crippen LogP contribution is -2.35. The standard InChI is InChI=1S/C12H17ClN2O3/c1-12(2,3)9(18-11(14)17)5-7-4-8(16)10(13)15-6-7/h4,6,9,16H,5H2,1-3H3,(H2,14,17). The molecule has 1 heterocycles. The summed E-state index contributed by atoms with van der Waals surface area (Å²) in [6.07, 6.45) is 0.716. The van der Waals surface area contributed by atoms with E-state index in [1.165, 1.54) is 12.3 Å². The van der Waals surface area contributed by atoms with Crippen LogP contribution in [0.5, 0.6) is 5.75 Å². The zero-order chi connectivity index (χ0) is 13.9. The fourth-order valence-electron chi connectivity index (χ4n) is 1.47. The normalized spacial score (nSPS) is 13.1. The largest absolute Gasteiger partial charge is 0.505 e. The minimum absolute atomic E-state index is 0.0434. The van der Waals surface area contributed by atoms with Crippen molar-refractivity contribution in [3.8, 4) is 5.75 Å². The summed E-state index contributed by atoms with van der Waals surface area (Å²) in [6, 6.07) is 1.50. The topological polar surface area (TPSA) is 85.4 Å². The zero-order valence-electron chi connectivity index (χ0n) is 10.6. The fraction of sp³-hybridized carbons (Fsp3) is 0.500. The molecule has 0 fully saturated rings. The van der Waals surface area contributed by atoms with Crippen molar-refractivity contribution in [2.45, 2.75) is 33.3 Å². The molecule has 0 aliphatic heterocycles. The number of nitrogens with two attached hydrogens (primary N) is 1. The molecule has 5 nitrogen and oxygen atoms in total. The smallest absolute Gasteiger partial charge is 0.404 e. The molecule has 6 heteroatoms. The molecule has 1 amide bonds. The summed E-state index contributed by atoms with van der Waals surface area (Å²) in [5.41, 5.74) is 5.50. The molecular weight excluding hydrogens is 256 g/mol. The van der Waals surface area contributed by atoms with E-state index in [9.17, 15) is 9.90 Å². The minimum atomic E-state index is -0.818. The average molecular weight is 273 g/mol. The summed E-state index contributed by atoms with van der Waals surface area (Å²) in [4.78, 5) is 14.7. The van der Waals surface area contributed by atoms with E-state index in [4.69, 9.17) is 22.1 Å². The second-order valence-corrected chi connectivity index (χ2v) is 5.51. The second-order valence-electron chi connectivity index (χ2n) is 5.15. The summed E-state index contributed by atoms with van der Waals surface area (Å²) in [6.45, 7) is 5.80. The van der Waals surface area contributed by atoms with Crippen molar-refractivity contribution >= 4 is 17.7 Å². The van der Waals surface area contributed by atoms with Gasteiger partial charge in [-0.1, -0.05) is 32.4 Å². The van der Waals surface area contributed by atoms with E-state index in [2.05, 4.69) is 4.98 Å². The van der Waals surface area contributed by atoms with Gasteiger partial charge in [-0.15, -0.1) is 0 Å². The van der Waals surface area contributed by atoms with Crippen LogP contribution < -0.4 is 5.73 Å². The molecule has 100 valence electrons. The highest BCUT2D eigenvalue weighted by Gasteiger charge is 2.28. The number of aromatic hydroxyl groups is 1. The van der Waals surface area contributed by atoms with Crippen LogP contribution in [0.1, 0.15) is 26.3 Å². The van der Waals surface area contributed by atoms with Crippen LogP contribution in [-0.4, -0.2) is 22.3 Å². The molecule has 0 aliphatic rings. The molecule has 1 aromatic rings. The Balaban J connectivity index is 2.89. The molecular formula is C12H17ClN2O3. The summed E-state index contributed by atoms with van der Waals surface area (Å²) in [5.74, 6) is -0.0964. The molecule has 0 aliphatic carbocycles. The molecule has 0 bridgehead atoms. The lowest BCUT2D eigenvalue weighted by Gasteiger charge is -2.29. The van der Waals surface area contributed by atoms with Crippen molar-refractivity contribution in [2.75, 3.05) is 0 Å². The Bertz CT molecular complexity index is 443. The van der Waals surface area contributed by atoms with Crippen LogP contribution in [0.4, 0.5) is 4.79 Å². The number of carbonyl (C=O) groups excluding carboxylic acids is 1. The van der Waals surface area contributed by atoms with E-state index < -0.39 is 12.2 Å². The van der Waals surface area contributed by atoms with E-state index in [1.807, 2.05) is 20.8 Å². The second kappa shape index (κ2) is 5.44. The molecule has 0 aromatic carbocycles. The SMILES string of the molecule is CC(C)(C)C(Cc1cnc(Cl)c(O)c1)OC(N)=O. The molecule has 1 atom stereocenters. The van der Waals surface area contributed by atoms with Gasteiger partial charge in [0.2, 0.25) is 0 Å². The van der Waals surface area contributed by atoms with Crippen LogP contribution in [0.15, 0.2) is 12.3 Å². The van der Waals surface area contributed by atoms with Gasteiger partial charge in [-0.2, -0.15) is 0 Å². The van der Waals surface area contributed by atoms with E-state index in [1.54, 1.807) is 0 Å². The molecule has 1 unspecified atom stereocenters. The van der Waals surface area contributed by atoms with Crippen molar-refractivity contribution < 1.29 is 14.6 Å². The number of pyridine rings is 1. The third-order valence-electron chi connectivity index (χ3n) is 2.52. The van der Waals surface area contributed by atoms with Gasteiger partial charge in [0, 0.05) is 12.6 Å². The molecule has 3 N–H and O–H groups in total. The molecule has 1 rings (SSSR count). The number of hydrogen-bond acceptors (Lipinski definition) is 4. The number of rotatable bonds is 3. The minimum Gasteiger partial charge on any atom is -0.505 e. The molecule has 0 radical (unpaired) electrons. The number of halogens is 1. The van der Waals surface area contributed by atoms with Crippen LogP contribution in [0, 0.1) is 5.41 Å². The van der Waals surface area contributed by atoms with Crippen molar-refractivity contribution in [1.29, 1.82) is 0 Å². The van der Waals surface area contributed by atoms with Crippen molar-refractivity contribution in [2.24, 2.45) is 11.1 Å². The fourth-order valence-corrected chi connectivity index (χ4v) is 1.57. The summed E-state index contributed by atoms with van der Waals surface area (Å²) in [7, 11) is 0. The van der Waals surface area contributed by atoms with Crippen LogP contribution in [0.3, 0.4) is 0 Å². The van der Waals surface area contributed by atoms with Gasteiger partial charge >= 0.3 is 6.09 Å². The molecule has 0 saturated heterocycles. The predicted molar refractivity (Wildman–Crippen MR) is 68.5 cm³/mol. The van der Waals surface area contributed by atoms with Crippen molar-refractivity contribution in [1.82, 2.24) is 4.98 Å². The van der Waals surface area contributed by atoms with Gasteiger partial charge in [0.15, 0.2) is 10.9 Å². The van der Waals surface area contributed by atoms with E-state index >= 15 is 0 Å². The van der Waals surface area contributed by atoms with Crippen LogP contribution in [-0.2, 0) is 11.2 Å². The van der Waals surface area contributed by atoms with E-state index in [0.29, 0.717) is 6.42 Å². The highest BCUT2D eigenvalue weighted by Crippen LogP contribution is 2.27. The summed E-state index contributed by atoms with van der Waals surface area (Å²) < 4.78 is 5.09. The first kappa shape index (κ1) is 14.6. The Hall–Kier alpha value is -1.49. The van der Waals surface area contributed by atoms with Crippen LogP contribution >= 0.6 is 11.6 Å². The van der Waals surface area contributed by atoms with Gasteiger partial charge in [0.25, 0.3) is 0 Å². The maximum atomic E-state index is 10.9. The molecule has 0 saturated carbocycles. The van der Waals surface area contributed by atoms with Gasteiger partial charge < -0.3 is 15.6 Å². The third kappa shape index (κ3) is 4.07. The number of ether oxygens (including phenoxy) is 1. The number of amides is 1. The first-order chi connectivity index (χ1) is 8.20. The van der Waals surface area contributed by atoms with E-state index in [0.717, 1.165) is 5.56 Å². The Kier molecular flexibility index (Phi) is 4.40. The summed E-state index contributed by atoms with van der Waals surface area (Å²) >= 11 is 5.62. The molecule has 0 spiro atoms. The van der Waals surface area contributed by atoms with Crippen LogP contribution in [0.25, 0.3) is 0 Å². The van der Waals surface area contributed by atoms with Crippen LogP contribution in [0.2, 0.25) is 5.15 Å². The number of nitrogens with zero attached hydrogens (tertiary/aromatic N) is 1. The van der Waals surface area contributed by atoms with Gasteiger partial charge in [-0.05, 0) is 17.0 Å². The Morgan fingerprint density at radius 1 is 1.61 bits per heavy atom. The molecule has 1 aromatic heterocycles. The zero-order valence-corrected chi connectivity index (χ0v) is 11.4. The number of hydrogen-bond donors (Lipinski definition) is 2. The maximum absolute atomic E-state index is 10.9. The number of carbonyl (C=O) groups is 1. The predicted octanol–water partition coefficient (Wildman–Crippen LogP) is 2.49. The average Bonchev–Trinajstić information content (AvgIpc) is 2.20. The Morgan fingerprint density at radius 2 is 2.22 bits per heavy atom. The first-order valence-electron chi connectivity index (χ1n) is 5.49. The highest BCUT2D eigenvalue weighted by atomic mass is 35.5. The third-order valence-corrected chi connectivity index (χ3v) is 2.81. The van der Waals surface area contributed by atoms with Crippen molar-refractivity contribution in [3.05, 3.63) is 23.0 Å². The lowest BCUT2D eigenvalue weighted by atomic mass is 9.85. The maximum Gasteiger partial charge on any atom is 0.404 e. The van der Waals surface area contributed by atoms with Gasteiger partial charge in [0.05, 0.1) is 0 Å². The van der Waals surface area contributed by atoms with Gasteiger partial charge in [0.1, 0.15) is 6.10 Å². The van der Waals surface area contributed by atoms with E-state index in [-0.39, 0.29) is 16.3 Å². The van der Waals surface area contributed by atoms with Gasteiger partial charge in [-0.25, -0.2) is 9.78 Å². The van der Waals surface area contributed by atoms with Crippen molar-refractivity contribution in [3.63, 3.8) is 0 Å². The quantitative estimate of drug-likeness (QED) is 0.828. The highest BCUT2D eigenvalue weighted by molar-refractivity contribution is 6.30. The summed E-state index contributed by atoms with van der Waals surface area (Å²) in [5, 5.41) is 9.51. The van der Waals surface area contributed by atoms with Gasteiger partial charge in [-0.3, -0.25) is 0 Å². The Labute approximate surface area is 111 Å². The monoisotopic (exact) mass is 272 g/mol. The lowest BCUT2D eigenvalue weighted by molar-refractivity contribution is 0.0373. The number of aromatic nitrogens is 1.